The van der Waals surface area contributed by atoms with E-state index < -0.39 is 0 Å². The summed E-state index contributed by atoms with van der Waals surface area (Å²) >= 11 is 4.93. The normalized spacial score (nSPS) is 41.4. The molecule has 1 aliphatic carbocycles. The molecule has 0 saturated heterocycles. The summed E-state index contributed by atoms with van der Waals surface area (Å²) in [5.41, 5.74) is 0. The van der Waals surface area contributed by atoms with Crippen molar-refractivity contribution in [2.24, 2.45) is 0 Å². The van der Waals surface area contributed by atoms with E-state index in [9.17, 15) is 0 Å². The number of hydrogen-bond acceptors (Lipinski definition) is 0. The number of rotatable bonds is 0. The molecule has 2 atom stereocenters. The predicted octanol–water partition coefficient (Wildman–Crippen LogP) is 3.11. The number of allylic oxidation sites excluding steroid dienone is 4. The van der Waals surface area contributed by atoms with Crippen LogP contribution in [-0.4, -0.2) is 7.35 Å². The van der Waals surface area contributed by atoms with Gasteiger partial charge in [-0.15, -0.1) is 0 Å². The second-order valence-electron chi connectivity index (χ2n) is 2.30. The van der Waals surface area contributed by atoms with Crippen molar-refractivity contribution in [3.05, 3.63) is 24.3 Å². The topological polar surface area (TPSA) is 0 Å². The van der Waals surface area contributed by atoms with Crippen LogP contribution in [0.4, 0.5) is 0 Å². The molecule has 50 valence electrons. The number of halogens is 2. The summed E-state index contributed by atoms with van der Waals surface area (Å²) in [6.45, 7) is 2.24. The molecule has 0 bridgehead atoms. The lowest BCUT2D eigenvalue weighted by Gasteiger charge is -2.24. The Balaban J connectivity index is 2.78. The molecule has 0 spiro atoms. The molecule has 0 amide bonds. The molecular weight excluding hydrogens is 338 g/mol. The van der Waals surface area contributed by atoms with Crippen molar-refractivity contribution < 1.29 is 0 Å². The van der Waals surface area contributed by atoms with Crippen molar-refractivity contribution in [3.63, 3.8) is 0 Å². The maximum Gasteiger partial charge on any atom is 0.0528 e. The number of hydrogen-bond donors (Lipinski definition) is 0. The maximum absolute atomic E-state index is 2.47. The Morgan fingerprint density at radius 1 is 1.44 bits per heavy atom. The van der Waals surface area contributed by atoms with Gasteiger partial charge in [0.05, 0.1) is 3.42 Å². The minimum atomic E-state index is 0.326. The van der Waals surface area contributed by atoms with E-state index in [-0.39, 0.29) is 0 Å². The third-order valence-corrected chi connectivity index (χ3v) is 5.28. The molecule has 2 unspecified atom stereocenters. The summed E-state index contributed by atoms with van der Waals surface area (Å²) in [4.78, 5) is 0. The summed E-state index contributed by atoms with van der Waals surface area (Å²) in [5.74, 6) is 0. The molecule has 9 heavy (non-hydrogen) atoms. The first-order chi connectivity index (χ1) is 4.13. The molecule has 0 fully saturated rings. The van der Waals surface area contributed by atoms with E-state index in [1.54, 1.807) is 0 Å². The minimum Gasteiger partial charge on any atom is -0.0763 e. The highest BCUT2D eigenvalue weighted by atomic mass is 127. The fourth-order valence-corrected chi connectivity index (χ4v) is 1.55. The fraction of sp³-hybridized carbons (Fsp3) is 0.429. The lowest BCUT2D eigenvalue weighted by molar-refractivity contribution is 0.875. The van der Waals surface area contributed by atoms with E-state index in [1.807, 2.05) is 0 Å². The Morgan fingerprint density at radius 3 is 2.44 bits per heavy atom. The van der Waals surface area contributed by atoms with Crippen LogP contribution < -0.4 is 0 Å². The molecule has 1 aliphatic rings. The SMILES string of the molecule is CC1(I)C=CC=CC1I. The van der Waals surface area contributed by atoms with Crippen LogP contribution in [0.25, 0.3) is 0 Å². The predicted molar refractivity (Wildman–Crippen MR) is 58.5 cm³/mol. The van der Waals surface area contributed by atoms with E-state index in [1.165, 1.54) is 0 Å². The van der Waals surface area contributed by atoms with Gasteiger partial charge in [-0.25, -0.2) is 0 Å². The van der Waals surface area contributed by atoms with Gasteiger partial charge < -0.3 is 0 Å². The molecular formula is C7H8I2. The zero-order valence-electron chi connectivity index (χ0n) is 5.14. The Morgan fingerprint density at radius 2 is 2.11 bits per heavy atom. The molecule has 0 aromatic carbocycles. The van der Waals surface area contributed by atoms with Gasteiger partial charge in [-0.1, -0.05) is 69.5 Å². The van der Waals surface area contributed by atoms with Gasteiger partial charge in [0.15, 0.2) is 0 Å². The van der Waals surface area contributed by atoms with Crippen LogP contribution in [0.3, 0.4) is 0 Å². The molecule has 0 radical (unpaired) electrons. The van der Waals surface area contributed by atoms with Crippen LogP contribution in [0.2, 0.25) is 0 Å². The molecule has 0 aromatic heterocycles. The molecule has 0 N–H and O–H groups in total. The molecule has 0 aliphatic heterocycles. The average molecular weight is 346 g/mol. The molecule has 1 rings (SSSR count). The third-order valence-electron chi connectivity index (χ3n) is 1.35. The Hall–Kier alpha value is 0.940. The van der Waals surface area contributed by atoms with Crippen molar-refractivity contribution in [1.29, 1.82) is 0 Å². The zero-order chi connectivity index (χ0) is 6.91. The lowest BCUT2D eigenvalue weighted by Crippen LogP contribution is -2.24. The Bertz CT molecular complexity index is 156. The van der Waals surface area contributed by atoms with Crippen molar-refractivity contribution in [1.82, 2.24) is 0 Å². The fourth-order valence-electron chi connectivity index (χ4n) is 0.685. The van der Waals surface area contributed by atoms with Crippen molar-refractivity contribution >= 4 is 45.2 Å². The summed E-state index contributed by atoms with van der Waals surface area (Å²) in [6.07, 6.45) is 8.69. The molecule has 0 saturated carbocycles. The highest BCUT2D eigenvalue weighted by molar-refractivity contribution is 14.1. The van der Waals surface area contributed by atoms with Gasteiger partial charge in [0, 0.05) is 3.92 Å². The van der Waals surface area contributed by atoms with Gasteiger partial charge >= 0.3 is 0 Å². The van der Waals surface area contributed by atoms with Crippen LogP contribution in [0, 0.1) is 0 Å². The summed E-state index contributed by atoms with van der Waals surface area (Å²) in [6, 6.07) is 0. The van der Waals surface area contributed by atoms with Crippen LogP contribution >= 0.6 is 45.2 Å². The van der Waals surface area contributed by atoms with E-state index in [2.05, 4.69) is 76.4 Å². The van der Waals surface area contributed by atoms with Crippen molar-refractivity contribution in [2.75, 3.05) is 0 Å². The van der Waals surface area contributed by atoms with Gasteiger partial charge in [0.25, 0.3) is 0 Å². The quantitative estimate of drug-likeness (QED) is 0.467. The smallest absolute Gasteiger partial charge is 0.0528 e. The zero-order valence-corrected chi connectivity index (χ0v) is 9.46. The minimum absolute atomic E-state index is 0.326. The van der Waals surface area contributed by atoms with E-state index >= 15 is 0 Å². The second kappa shape index (κ2) is 2.90. The van der Waals surface area contributed by atoms with Crippen molar-refractivity contribution in [3.8, 4) is 0 Å². The molecule has 2 heteroatoms. The van der Waals surface area contributed by atoms with Crippen LogP contribution in [0.15, 0.2) is 24.3 Å². The third kappa shape index (κ3) is 1.93. The Labute approximate surface area is 83.1 Å². The van der Waals surface area contributed by atoms with Crippen molar-refractivity contribution in [2.45, 2.75) is 14.3 Å². The summed E-state index contributed by atoms with van der Waals surface area (Å²) < 4.78 is 0.966. The summed E-state index contributed by atoms with van der Waals surface area (Å²) in [5, 5.41) is 0. The standard InChI is InChI=1S/C7H8I2/c1-7(9)5-3-2-4-6(7)8/h2-6H,1H3. The van der Waals surface area contributed by atoms with Gasteiger partial charge in [-0.3, -0.25) is 0 Å². The van der Waals surface area contributed by atoms with Gasteiger partial charge in [-0.2, -0.15) is 0 Å². The van der Waals surface area contributed by atoms with Gasteiger partial charge in [-0.05, 0) is 6.92 Å². The first kappa shape index (κ1) is 8.04. The lowest BCUT2D eigenvalue weighted by atomic mass is 10.0. The first-order valence-corrected chi connectivity index (χ1v) is 5.14. The van der Waals surface area contributed by atoms with Crippen LogP contribution in [0.1, 0.15) is 6.92 Å². The monoisotopic (exact) mass is 346 g/mol. The average Bonchev–Trinajstić information content (AvgIpc) is 1.77. The van der Waals surface area contributed by atoms with Gasteiger partial charge in [0.1, 0.15) is 0 Å². The highest BCUT2D eigenvalue weighted by Crippen LogP contribution is 2.33. The van der Waals surface area contributed by atoms with Crippen LogP contribution in [-0.2, 0) is 0 Å². The second-order valence-corrected chi connectivity index (χ2v) is 5.96. The van der Waals surface area contributed by atoms with Crippen LogP contribution in [0.5, 0.6) is 0 Å². The summed E-state index contributed by atoms with van der Waals surface area (Å²) in [7, 11) is 0. The Kier molecular flexibility index (Phi) is 2.59. The molecule has 0 aromatic rings. The first-order valence-electron chi connectivity index (χ1n) is 2.82. The largest absolute Gasteiger partial charge is 0.0763 e. The highest BCUT2D eigenvalue weighted by Gasteiger charge is 2.25. The molecule has 0 heterocycles. The van der Waals surface area contributed by atoms with E-state index in [0.29, 0.717) is 7.35 Å². The molecule has 0 nitrogen and oxygen atoms in total. The number of alkyl halides is 2. The van der Waals surface area contributed by atoms with E-state index in [0.717, 1.165) is 0 Å². The maximum atomic E-state index is 2.47. The van der Waals surface area contributed by atoms with Gasteiger partial charge in [0.2, 0.25) is 0 Å². The van der Waals surface area contributed by atoms with E-state index in [4.69, 9.17) is 0 Å².